The number of nitrogens with one attached hydrogen (secondary N) is 2. The molecule has 3 atom stereocenters. The fraction of sp³-hybridized carbons (Fsp3) is 0.778. The number of amides is 3. The van der Waals surface area contributed by atoms with Gasteiger partial charge in [0, 0.05) is 6.04 Å². The molecule has 0 aliphatic heterocycles. The normalized spacial score (nSPS) is 26.7. The van der Waals surface area contributed by atoms with E-state index in [1.165, 1.54) is 0 Å². The van der Waals surface area contributed by atoms with Crippen molar-refractivity contribution in [2.45, 2.75) is 38.8 Å². The minimum absolute atomic E-state index is 0.357. The molecule has 3 amide bonds. The van der Waals surface area contributed by atoms with Crippen molar-refractivity contribution in [3.8, 4) is 0 Å². The first kappa shape index (κ1) is 11.0. The Kier molecular flexibility index (Phi) is 3.46. The molecular weight excluding hydrogens is 182 g/mol. The van der Waals surface area contributed by atoms with Crippen LogP contribution in [-0.2, 0) is 4.79 Å². The Morgan fingerprint density at radius 1 is 1.57 bits per heavy atom. The first-order valence-electron chi connectivity index (χ1n) is 4.91. The third-order valence-electron chi connectivity index (χ3n) is 2.55. The molecule has 0 aromatic heterocycles. The third-order valence-corrected chi connectivity index (χ3v) is 2.55. The number of hydrogen-bond donors (Lipinski definition) is 3. The maximum Gasteiger partial charge on any atom is 0.318 e. The van der Waals surface area contributed by atoms with Crippen LogP contribution in [0.1, 0.15) is 26.7 Å². The van der Waals surface area contributed by atoms with Crippen LogP contribution in [0.25, 0.3) is 0 Å². The summed E-state index contributed by atoms with van der Waals surface area (Å²) in [7, 11) is 0. The van der Waals surface area contributed by atoms with Gasteiger partial charge in [0.2, 0.25) is 5.91 Å². The van der Waals surface area contributed by atoms with Gasteiger partial charge in [-0.2, -0.15) is 0 Å². The summed E-state index contributed by atoms with van der Waals surface area (Å²) in [5.74, 6) is 0.318. The van der Waals surface area contributed by atoms with Gasteiger partial charge in [-0.05, 0) is 19.3 Å². The Balaban J connectivity index is 2.24. The predicted molar refractivity (Wildman–Crippen MR) is 52.5 cm³/mol. The zero-order chi connectivity index (χ0) is 10.7. The van der Waals surface area contributed by atoms with E-state index in [2.05, 4.69) is 12.2 Å². The van der Waals surface area contributed by atoms with E-state index in [9.17, 15) is 9.59 Å². The lowest BCUT2D eigenvalue weighted by molar-refractivity contribution is -0.121. The van der Waals surface area contributed by atoms with Gasteiger partial charge in [-0.25, -0.2) is 4.79 Å². The fourth-order valence-corrected chi connectivity index (χ4v) is 1.53. The number of carbonyl (C=O) groups excluding carboxylic acids is 2. The van der Waals surface area contributed by atoms with Gasteiger partial charge in [-0.1, -0.05) is 13.3 Å². The summed E-state index contributed by atoms with van der Waals surface area (Å²) in [6.07, 6.45) is 2.24. The Bertz CT molecular complexity index is 242. The number of primary amides is 1. The molecule has 0 saturated heterocycles. The van der Waals surface area contributed by atoms with Crippen molar-refractivity contribution < 1.29 is 9.59 Å². The standard InChI is InChI=1S/C9H17N3O2/c1-3-6-4-7(6)11-5(2)8(13)12-9(10)14/h5-7,11H,3-4H2,1-2H3,(H3,10,12,13,14). The number of rotatable bonds is 4. The molecule has 1 fully saturated rings. The molecule has 1 rings (SSSR count). The number of hydrogen-bond acceptors (Lipinski definition) is 3. The van der Waals surface area contributed by atoms with Crippen LogP contribution in [0.5, 0.6) is 0 Å². The number of carbonyl (C=O) groups is 2. The monoisotopic (exact) mass is 199 g/mol. The Morgan fingerprint density at radius 2 is 2.21 bits per heavy atom. The number of urea groups is 1. The van der Waals surface area contributed by atoms with Crippen molar-refractivity contribution in [2.24, 2.45) is 11.7 Å². The largest absolute Gasteiger partial charge is 0.351 e. The van der Waals surface area contributed by atoms with Gasteiger partial charge in [0.25, 0.3) is 0 Å². The molecule has 4 N–H and O–H groups in total. The maximum absolute atomic E-state index is 11.2. The summed E-state index contributed by atoms with van der Waals surface area (Å²) in [5.41, 5.74) is 4.83. The van der Waals surface area contributed by atoms with Crippen molar-refractivity contribution in [2.75, 3.05) is 0 Å². The van der Waals surface area contributed by atoms with E-state index < -0.39 is 6.03 Å². The first-order valence-corrected chi connectivity index (χ1v) is 4.91. The van der Waals surface area contributed by atoms with Crippen molar-refractivity contribution in [3.05, 3.63) is 0 Å². The molecule has 14 heavy (non-hydrogen) atoms. The highest BCUT2D eigenvalue weighted by Gasteiger charge is 2.36. The quantitative estimate of drug-likeness (QED) is 0.594. The minimum atomic E-state index is -0.800. The second-order valence-corrected chi connectivity index (χ2v) is 3.75. The van der Waals surface area contributed by atoms with Crippen molar-refractivity contribution in [1.29, 1.82) is 0 Å². The molecule has 5 heteroatoms. The van der Waals surface area contributed by atoms with Gasteiger partial charge < -0.3 is 11.1 Å². The van der Waals surface area contributed by atoms with Crippen LogP contribution in [0.4, 0.5) is 4.79 Å². The highest BCUT2D eigenvalue weighted by molar-refractivity contribution is 5.96. The molecule has 1 saturated carbocycles. The van der Waals surface area contributed by atoms with E-state index in [0.717, 1.165) is 12.8 Å². The van der Waals surface area contributed by atoms with Crippen LogP contribution in [0.15, 0.2) is 0 Å². The maximum atomic E-state index is 11.2. The van der Waals surface area contributed by atoms with Gasteiger partial charge in [0.1, 0.15) is 0 Å². The van der Waals surface area contributed by atoms with Gasteiger partial charge in [-0.15, -0.1) is 0 Å². The zero-order valence-corrected chi connectivity index (χ0v) is 8.54. The van der Waals surface area contributed by atoms with Gasteiger partial charge in [0.15, 0.2) is 0 Å². The summed E-state index contributed by atoms with van der Waals surface area (Å²) in [6, 6.07) is -0.732. The SMILES string of the molecule is CCC1CC1NC(C)C(=O)NC(N)=O. The van der Waals surface area contributed by atoms with Gasteiger partial charge in [0.05, 0.1) is 6.04 Å². The molecule has 1 aliphatic carbocycles. The third kappa shape index (κ3) is 2.99. The summed E-state index contributed by atoms with van der Waals surface area (Å²) in [4.78, 5) is 21.6. The molecule has 0 heterocycles. The van der Waals surface area contributed by atoms with E-state index in [0.29, 0.717) is 12.0 Å². The Hall–Kier alpha value is -1.10. The highest BCUT2D eigenvalue weighted by Crippen LogP contribution is 2.33. The second-order valence-electron chi connectivity index (χ2n) is 3.75. The van der Waals surface area contributed by atoms with E-state index in [1.807, 2.05) is 5.32 Å². The molecule has 5 nitrogen and oxygen atoms in total. The van der Waals surface area contributed by atoms with Crippen molar-refractivity contribution in [1.82, 2.24) is 10.6 Å². The molecule has 0 radical (unpaired) electrons. The molecule has 0 bridgehead atoms. The average Bonchev–Trinajstić information content (AvgIpc) is 2.82. The zero-order valence-electron chi connectivity index (χ0n) is 8.54. The average molecular weight is 199 g/mol. The molecular formula is C9H17N3O2. The smallest absolute Gasteiger partial charge is 0.318 e. The predicted octanol–water partition coefficient (Wildman–Crippen LogP) is -0.0421. The van der Waals surface area contributed by atoms with Crippen LogP contribution in [0.2, 0.25) is 0 Å². The number of nitrogens with two attached hydrogens (primary N) is 1. The highest BCUT2D eigenvalue weighted by atomic mass is 16.2. The van der Waals surface area contributed by atoms with Gasteiger partial charge >= 0.3 is 6.03 Å². The van der Waals surface area contributed by atoms with Crippen LogP contribution in [0.3, 0.4) is 0 Å². The van der Waals surface area contributed by atoms with Crippen LogP contribution >= 0.6 is 0 Å². The topological polar surface area (TPSA) is 84.2 Å². The fourth-order valence-electron chi connectivity index (χ4n) is 1.53. The van der Waals surface area contributed by atoms with Crippen LogP contribution in [0, 0.1) is 5.92 Å². The summed E-state index contributed by atoms with van der Waals surface area (Å²) in [6.45, 7) is 3.85. The number of imide groups is 1. The summed E-state index contributed by atoms with van der Waals surface area (Å²) < 4.78 is 0. The first-order chi connectivity index (χ1) is 6.54. The molecule has 0 aromatic carbocycles. The summed E-state index contributed by atoms with van der Waals surface area (Å²) >= 11 is 0. The second kappa shape index (κ2) is 4.41. The van der Waals surface area contributed by atoms with E-state index >= 15 is 0 Å². The Morgan fingerprint density at radius 3 is 2.64 bits per heavy atom. The molecule has 3 unspecified atom stereocenters. The Labute approximate surface area is 83.4 Å². The molecule has 0 aromatic rings. The minimum Gasteiger partial charge on any atom is -0.351 e. The summed E-state index contributed by atoms with van der Waals surface area (Å²) in [5, 5.41) is 5.19. The van der Waals surface area contributed by atoms with Crippen molar-refractivity contribution in [3.63, 3.8) is 0 Å². The van der Waals surface area contributed by atoms with E-state index in [-0.39, 0.29) is 11.9 Å². The lowest BCUT2D eigenvalue weighted by Crippen LogP contribution is -2.47. The lowest BCUT2D eigenvalue weighted by atomic mass is 10.3. The van der Waals surface area contributed by atoms with Crippen LogP contribution < -0.4 is 16.4 Å². The van der Waals surface area contributed by atoms with Crippen LogP contribution in [-0.4, -0.2) is 24.0 Å². The molecule has 0 spiro atoms. The van der Waals surface area contributed by atoms with Gasteiger partial charge in [-0.3, -0.25) is 10.1 Å². The molecule has 80 valence electrons. The van der Waals surface area contributed by atoms with Crippen molar-refractivity contribution >= 4 is 11.9 Å². The van der Waals surface area contributed by atoms with E-state index in [1.54, 1.807) is 6.92 Å². The molecule has 1 aliphatic rings. The van der Waals surface area contributed by atoms with E-state index in [4.69, 9.17) is 5.73 Å². The lowest BCUT2D eigenvalue weighted by Gasteiger charge is -2.11.